The smallest absolute Gasteiger partial charge is 0.257 e. The molecule has 0 spiro atoms. The number of thiol groups is 1. The van der Waals surface area contributed by atoms with Crippen molar-refractivity contribution in [2.75, 3.05) is 14.1 Å². The van der Waals surface area contributed by atoms with E-state index >= 15 is 0 Å². The average molecular weight is 446 g/mol. The zero-order valence-electron chi connectivity index (χ0n) is 19.0. The van der Waals surface area contributed by atoms with E-state index in [9.17, 15) is 9.90 Å². The summed E-state index contributed by atoms with van der Waals surface area (Å²) in [6, 6.07) is 4.95. The molecule has 0 radical (unpaired) electrons. The quantitative estimate of drug-likeness (QED) is 0.317. The number of furan rings is 1. The summed E-state index contributed by atoms with van der Waals surface area (Å²) in [6.07, 6.45) is 0. The van der Waals surface area contributed by atoms with Gasteiger partial charge in [-0.3, -0.25) is 9.79 Å². The van der Waals surface area contributed by atoms with Crippen molar-refractivity contribution in [2.24, 2.45) is 21.6 Å². The van der Waals surface area contributed by atoms with Crippen LogP contribution in [0.25, 0.3) is 0 Å². The Balaban J connectivity index is 2.51. The topological polar surface area (TPSA) is 116 Å². The highest BCUT2D eigenvalue weighted by Gasteiger charge is 2.22. The molecule has 2 rings (SSSR count). The number of nitrogens with zero attached hydrogens (tertiary/aromatic N) is 3. The molecule has 1 amide bonds. The van der Waals surface area contributed by atoms with Crippen LogP contribution in [-0.4, -0.2) is 41.7 Å². The standard InChI is InChI=1S/C22H31N5O3S/c1-11(2)18(16-10-13(4)14(5)30-16)25-20(23)21(26-31)24-15-9-8-12(3)17(19(15)28)22(29)27(6)7/h8-11,18,28,31H,1-7H3,(H2,23,25)(H,24,26)/t18-/m1/s1. The van der Waals surface area contributed by atoms with Crippen molar-refractivity contribution >= 4 is 36.1 Å². The molecule has 1 atom stereocenters. The number of amides is 1. The number of amidine groups is 2. The molecular formula is C22H31N5O3S. The van der Waals surface area contributed by atoms with Gasteiger partial charge in [-0.05, 0) is 49.9 Å². The minimum Gasteiger partial charge on any atom is -0.505 e. The summed E-state index contributed by atoms with van der Waals surface area (Å²) in [4.78, 5) is 22.8. The van der Waals surface area contributed by atoms with Crippen LogP contribution in [0, 0.1) is 26.7 Å². The van der Waals surface area contributed by atoms with Gasteiger partial charge in [-0.2, -0.15) is 0 Å². The van der Waals surface area contributed by atoms with E-state index in [0.29, 0.717) is 11.3 Å². The Morgan fingerprint density at radius 2 is 1.87 bits per heavy atom. The van der Waals surface area contributed by atoms with Gasteiger partial charge in [0.1, 0.15) is 23.2 Å². The summed E-state index contributed by atoms with van der Waals surface area (Å²) in [5, 5.41) is 10.7. The highest BCUT2D eigenvalue weighted by atomic mass is 32.1. The number of benzene rings is 1. The molecule has 0 bridgehead atoms. The number of aryl methyl sites for hydroxylation is 3. The van der Waals surface area contributed by atoms with E-state index in [1.54, 1.807) is 33.2 Å². The third kappa shape index (κ3) is 5.41. The Labute approximate surface area is 188 Å². The fourth-order valence-electron chi connectivity index (χ4n) is 3.02. The first-order valence-corrected chi connectivity index (χ1v) is 10.4. The molecule has 0 fully saturated rings. The first-order chi connectivity index (χ1) is 14.5. The number of carbonyl (C=O) groups is 1. The van der Waals surface area contributed by atoms with Crippen LogP contribution in [-0.2, 0) is 0 Å². The third-order valence-electron chi connectivity index (χ3n) is 4.95. The number of phenolic OH excluding ortho intramolecular Hbond substituents is 1. The van der Waals surface area contributed by atoms with Crippen LogP contribution in [0.4, 0.5) is 5.69 Å². The van der Waals surface area contributed by atoms with Crippen LogP contribution < -0.4 is 10.5 Å². The van der Waals surface area contributed by atoms with E-state index in [0.717, 1.165) is 11.3 Å². The third-order valence-corrected chi connectivity index (χ3v) is 5.16. The second-order valence-corrected chi connectivity index (χ2v) is 8.21. The lowest BCUT2D eigenvalue weighted by molar-refractivity contribution is 0.0824. The fraction of sp³-hybridized carbons (Fsp3) is 0.409. The molecule has 1 aromatic carbocycles. The van der Waals surface area contributed by atoms with Crippen LogP contribution in [0.2, 0.25) is 0 Å². The van der Waals surface area contributed by atoms with Crippen molar-refractivity contribution in [1.29, 1.82) is 0 Å². The Hall–Kier alpha value is -2.94. The summed E-state index contributed by atoms with van der Waals surface area (Å²) in [5.74, 6) is 1.35. The Morgan fingerprint density at radius 3 is 2.35 bits per heavy atom. The first kappa shape index (κ1) is 24.3. The van der Waals surface area contributed by atoms with Crippen LogP contribution in [0.3, 0.4) is 0 Å². The zero-order chi connectivity index (χ0) is 23.5. The number of rotatable bonds is 5. The van der Waals surface area contributed by atoms with Crippen molar-refractivity contribution in [3.63, 3.8) is 0 Å². The van der Waals surface area contributed by atoms with Crippen LogP contribution >= 0.6 is 12.8 Å². The molecule has 1 aromatic heterocycles. The van der Waals surface area contributed by atoms with Gasteiger partial charge >= 0.3 is 0 Å². The Kier molecular flexibility index (Phi) is 7.78. The predicted octanol–water partition coefficient (Wildman–Crippen LogP) is 3.83. The second kappa shape index (κ2) is 9.91. The predicted molar refractivity (Wildman–Crippen MR) is 127 cm³/mol. The van der Waals surface area contributed by atoms with Gasteiger partial charge in [0.25, 0.3) is 5.91 Å². The fourth-order valence-corrected chi connectivity index (χ4v) is 3.19. The maximum Gasteiger partial charge on any atom is 0.257 e. The van der Waals surface area contributed by atoms with Gasteiger partial charge in [-0.15, -0.1) is 0 Å². The molecule has 0 aliphatic rings. The van der Waals surface area contributed by atoms with Gasteiger partial charge in [0.2, 0.25) is 0 Å². The molecule has 0 unspecified atom stereocenters. The van der Waals surface area contributed by atoms with Crippen molar-refractivity contribution in [3.05, 3.63) is 46.4 Å². The molecule has 0 aliphatic heterocycles. The minimum atomic E-state index is -0.322. The van der Waals surface area contributed by atoms with Crippen molar-refractivity contribution in [3.8, 4) is 5.75 Å². The van der Waals surface area contributed by atoms with E-state index < -0.39 is 0 Å². The summed E-state index contributed by atoms with van der Waals surface area (Å²) in [5.41, 5.74) is 8.27. The van der Waals surface area contributed by atoms with E-state index in [1.165, 1.54) is 4.90 Å². The Morgan fingerprint density at radius 1 is 1.23 bits per heavy atom. The van der Waals surface area contributed by atoms with Crippen molar-refractivity contribution in [1.82, 2.24) is 9.62 Å². The Bertz CT molecular complexity index is 1000. The second-order valence-electron chi connectivity index (χ2n) is 7.99. The van der Waals surface area contributed by atoms with Gasteiger partial charge in [-0.1, -0.05) is 32.7 Å². The molecule has 0 saturated heterocycles. The van der Waals surface area contributed by atoms with E-state index in [-0.39, 0.29) is 46.5 Å². The number of hydrogen-bond donors (Lipinski definition) is 4. The number of nitrogens with one attached hydrogen (secondary N) is 1. The molecule has 9 heteroatoms. The molecule has 0 aliphatic carbocycles. The molecular weight excluding hydrogens is 414 g/mol. The summed E-state index contributed by atoms with van der Waals surface area (Å²) < 4.78 is 8.47. The number of hydrogen-bond acceptors (Lipinski definition) is 6. The highest BCUT2D eigenvalue weighted by molar-refractivity contribution is 7.78. The molecule has 0 saturated carbocycles. The van der Waals surface area contributed by atoms with Gasteiger partial charge in [0, 0.05) is 14.1 Å². The largest absolute Gasteiger partial charge is 0.505 e. The molecule has 31 heavy (non-hydrogen) atoms. The molecule has 8 nitrogen and oxygen atoms in total. The number of phenols is 1. The minimum absolute atomic E-state index is 0.0980. The number of aliphatic imine (C=N–C) groups is 2. The van der Waals surface area contributed by atoms with E-state index in [4.69, 9.17) is 10.2 Å². The van der Waals surface area contributed by atoms with Crippen LogP contribution in [0.15, 0.2) is 32.6 Å². The summed E-state index contributed by atoms with van der Waals surface area (Å²) in [6.45, 7) is 9.66. The molecule has 4 N–H and O–H groups in total. The van der Waals surface area contributed by atoms with Crippen molar-refractivity contribution < 1.29 is 14.3 Å². The van der Waals surface area contributed by atoms with Crippen LogP contribution in [0.1, 0.15) is 52.9 Å². The van der Waals surface area contributed by atoms with E-state index in [1.807, 2.05) is 33.8 Å². The van der Waals surface area contributed by atoms with E-state index in [2.05, 4.69) is 27.5 Å². The zero-order valence-corrected chi connectivity index (χ0v) is 19.9. The first-order valence-electron chi connectivity index (χ1n) is 9.91. The normalized spacial score (nSPS) is 13.5. The van der Waals surface area contributed by atoms with Gasteiger partial charge in [-0.25, -0.2) is 4.99 Å². The lowest BCUT2D eigenvalue weighted by Crippen LogP contribution is -2.32. The SMILES string of the molecule is Cc1cc([C@H](N=C(N)C(=Nc2ccc(C)c(C(=O)N(C)C)c2O)NS)C(C)C)oc1C. The monoisotopic (exact) mass is 445 g/mol. The van der Waals surface area contributed by atoms with Gasteiger partial charge < -0.3 is 24.9 Å². The summed E-state index contributed by atoms with van der Waals surface area (Å²) >= 11 is 4.10. The molecule has 2 aromatic rings. The lowest BCUT2D eigenvalue weighted by atomic mass is 10.0. The van der Waals surface area contributed by atoms with Gasteiger partial charge in [0.05, 0.1) is 5.56 Å². The van der Waals surface area contributed by atoms with Crippen molar-refractivity contribution in [2.45, 2.75) is 40.7 Å². The summed E-state index contributed by atoms with van der Waals surface area (Å²) in [7, 11) is 3.24. The lowest BCUT2D eigenvalue weighted by Gasteiger charge is -2.17. The number of nitrogens with two attached hydrogens (primary N) is 1. The molecule has 168 valence electrons. The number of aromatic hydroxyl groups is 1. The average Bonchev–Trinajstić information content (AvgIpc) is 3.03. The van der Waals surface area contributed by atoms with Crippen LogP contribution in [0.5, 0.6) is 5.75 Å². The highest BCUT2D eigenvalue weighted by Crippen LogP contribution is 2.34. The maximum absolute atomic E-state index is 12.5. The number of carbonyl (C=O) groups excluding carboxylic acids is 1. The molecule has 1 heterocycles. The van der Waals surface area contributed by atoms with Gasteiger partial charge in [0.15, 0.2) is 17.4 Å². The maximum atomic E-state index is 12.5.